The molecule has 0 unspecified atom stereocenters. The fraction of sp³-hybridized carbons (Fsp3) is 0.292. The van der Waals surface area contributed by atoms with Crippen LogP contribution in [-0.4, -0.2) is 70.6 Å². The number of anilines is 1. The molecule has 1 aliphatic heterocycles. The second-order valence-electron chi connectivity index (χ2n) is 7.79. The number of aromatic nitrogens is 1. The number of carbonyl (C=O) groups is 3. The quantitative estimate of drug-likeness (QED) is 0.531. The Morgan fingerprint density at radius 2 is 1.82 bits per heavy atom. The molecule has 9 nitrogen and oxygen atoms in total. The van der Waals surface area contributed by atoms with E-state index in [9.17, 15) is 19.5 Å². The van der Waals surface area contributed by atoms with E-state index in [1.165, 1.54) is 0 Å². The summed E-state index contributed by atoms with van der Waals surface area (Å²) in [4.78, 5) is 43.2. The summed E-state index contributed by atoms with van der Waals surface area (Å²) in [5.41, 5.74) is 2.53. The molecule has 3 aromatic rings. The molecule has 0 saturated carbocycles. The molecule has 1 fully saturated rings. The van der Waals surface area contributed by atoms with Crippen molar-refractivity contribution in [2.75, 3.05) is 38.1 Å². The average Bonchev–Trinajstić information content (AvgIpc) is 3.23. The van der Waals surface area contributed by atoms with Crippen LogP contribution in [0.1, 0.15) is 28.9 Å². The third kappa shape index (κ3) is 4.83. The molecule has 0 aliphatic carbocycles. The Kier molecular flexibility index (Phi) is 6.60. The molecule has 0 spiro atoms. The number of aliphatic carboxylic acids is 1. The Morgan fingerprint density at radius 1 is 1.09 bits per heavy atom. The van der Waals surface area contributed by atoms with Crippen molar-refractivity contribution in [3.63, 3.8) is 0 Å². The fourth-order valence-electron chi connectivity index (χ4n) is 4.11. The van der Waals surface area contributed by atoms with Crippen LogP contribution in [0.4, 0.5) is 10.5 Å². The van der Waals surface area contributed by atoms with Crippen molar-refractivity contribution in [2.45, 2.75) is 13.0 Å². The highest BCUT2D eigenvalue weighted by atomic mass is 16.6. The van der Waals surface area contributed by atoms with Gasteiger partial charge in [0.25, 0.3) is 5.91 Å². The number of carbonyl (C=O) groups excluding carboxylic acids is 2. The van der Waals surface area contributed by atoms with E-state index in [1.54, 1.807) is 54.4 Å². The van der Waals surface area contributed by atoms with E-state index in [1.807, 2.05) is 17.0 Å². The molecule has 1 aliphatic rings. The number of H-pyrrole nitrogens is 1. The van der Waals surface area contributed by atoms with Crippen LogP contribution in [0.5, 0.6) is 0 Å². The molecule has 2 heterocycles. The predicted octanol–water partition coefficient (Wildman–Crippen LogP) is 3.32. The van der Waals surface area contributed by atoms with Gasteiger partial charge in [-0.1, -0.05) is 24.3 Å². The normalized spacial score (nSPS) is 15.2. The standard InChI is InChI=1S/C24H26N4O5/c1-2-33-24(32)28-12-10-27(11-13-28)21(23(30)31)19-15-25-20-14-17(8-9-18(19)20)26-22(29)16-6-4-3-5-7-16/h3-9,14-15,21,25H,2,10-13H2,1H3,(H,26,29)(H,30,31)/t21-/m1/s1. The Bertz CT molecular complexity index is 1150. The van der Waals surface area contributed by atoms with Crippen LogP contribution in [-0.2, 0) is 9.53 Å². The summed E-state index contributed by atoms with van der Waals surface area (Å²) < 4.78 is 5.04. The van der Waals surface area contributed by atoms with Gasteiger partial charge in [-0.2, -0.15) is 0 Å². The zero-order valence-electron chi connectivity index (χ0n) is 18.3. The van der Waals surface area contributed by atoms with E-state index in [-0.39, 0.29) is 12.0 Å². The van der Waals surface area contributed by atoms with E-state index in [0.29, 0.717) is 49.6 Å². The Hall–Kier alpha value is -3.85. The topological polar surface area (TPSA) is 115 Å². The minimum Gasteiger partial charge on any atom is -0.480 e. The van der Waals surface area contributed by atoms with Crippen LogP contribution in [0.25, 0.3) is 10.9 Å². The number of fused-ring (bicyclic) bond motifs is 1. The molecule has 2 aromatic carbocycles. The summed E-state index contributed by atoms with van der Waals surface area (Å²) in [7, 11) is 0. The first-order chi connectivity index (χ1) is 16.0. The number of ether oxygens (including phenoxy) is 1. The van der Waals surface area contributed by atoms with Gasteiger partial charge in [0.2, 0.25) is 0 Å². The van der Waals surface area contributed by atoms with Gasteiger partial charge in [-0.05, 0) is 31.2 Å². The summed E-state index contributed by atoms with van der Waals surface area (Å²) in [5.74, 6) is -1.17. The molecular formula is C24H26N4O5. The Morgan fingerprint density at radius 3 is 2.48 bits per heavy atom. The molecular weight excluding hydrogens is 424 g/mol. The fourth-order valence-corrected chi connectivity index (χ4v) is 4.11. The van der Waals surface area contributed by atoms with Gasteiger partial charge in [-0.15, -0.1) is 0 Å². The highest BCUT2D eigenvalue weighted by Crippen LogP contribution is 2.31. The van der Waals surface area contributed by atoms with Crippen LogP contribution in [0, 0.1) is 0 Å². The first-order valence-corrected chi connectivity index (χ1v) is 10.8. The van der Waals surface area contributed by atoms with Gasteiger partial charge < -0.3 is 25.0 Å². The molecule has 9 heteroatoms. The molecule has 1 saturated heterocycles. The largest absolute Gasteiger partial charge is 0.480 e. The molecule has 0 bridgehead atoms. The predicted molar refractivity (Wildman–Crippen MR) is 123 cm³/mol. The van der Waals surface area contributed by atoms with E-state index in [4.69, 9.17) is 4.74 Å². The number of piperazine rings is 1. The van der Waals surface area contributed by atoms with Crippen molar-refractivity contribution in [1.29, 1.82) is 0 Å². The lowest BCUT2D eigenvalue weighted by Crippen LogP contribution is -2.51. The number of benzene rings is 2. The summed E-state index contributed by atoms with van der Waals surface area (Å²) >= 11 is 0. The highest BCUT2D eigenvalue weighted by molar-refractivity contribution is 6.05. The Balaban J connectivity index is 1.51. The van der Waals surface area contributed by atoms with Gasteiger partial charge in [0.05, 0.1) is 6.61 Å². The number of amides is 2. The minimum atomic E-state index is -0.957. The van der Waals surface area contributed by atoms with Crippen LogP contribution in [0.3, 0.4) is 0 Å². The minimum absolute atomic E-state index is 0.218. The van der Waals surface area contributed by atoms with Crippen molar-refractivity contribution in [3.8, 4) is 0 Å². The number of carboxylic acids is 1. The van der Waals surface area contributed by atoms with Gasteiger partial charge >= 0.3 is 12.1 Å². The first kappa shape index (κ1) is 22.3. The molecule has 1 aromatic heterocycles. The van der Waals surface area contributed by atoms with Crippen molar-refractivity contribution >= 4 is 34.6 Å². The summed E-state index contributed by atoms with van der Waals surface area (Å²) in [6, 6.07) is 13.4. The number of hydrogen-bond acceptors (Lipinski definition) is 5. The lowest BCUT2D eigenvalue weighted by Gasteiger charge is -2.37. The lowest BCUT2D eigenvalue weighted by atomic mass is 10.0. The summed E-state index contributed by atoms with van der Waals surface area (Å²) in [6.45, 7) is 3.71. The molecule has 2 amide bonds. The molecule has 172 valence electrons. The van der Waals surface area contributed by atoms with Crippen molar-refractivity contribution in [2.24, 2.45) is 0 Å². The molecule has 4 rings (SSSR count). The van der Waals surface area contributed by atoms with E-state index < -0.39 is 12.0 Å². The van der Waals surface area contributed by atoms with Gasteiger partial charge in [0.1, 0.15) is 6.04 Å². The molecule has 33 heavy (non-hydrogen) atoms. The third-order valence-corrected chi connectivity index (χ3v) is 5.74. The van der Waals surface area contributed by atoms with Crippen molar-refractivity contribution < 1.29 is 24.2 Å². The van der Waals surface area contributed by atoms with Crippen LogP contribution >= 0.6 is 0 Å². The van der Waals surface area contributed by atoms with Gasteiger partial charge in [0, 0.05) is 60.1 Å². The van der Waals surface area contributed by atoms with Crippen molar-refractivity contribution in [1.82, 2.24) is 14.8 Å². The number of nitrogens with zero attached hydrogens (tertiary/aromatic N) is 2. The SMILES string of the molecule is CCOC(=O)N1CCN([C@@H](C(=O)O)c2c[nH]c3cc(NC(=O)c4ccccc4)ccc23)CC1. The Labute approximate surface area is 190 Å². The number of aromatic amines is 1. The maximum Gasteiger partial charge on any atom is 0.409 e. The maximum absolute atomic E-state index is 12.4. The van der Waals surface area contributed by atoms with Crippen LogP contribution in [0.2, 0.25) is 0 Å². The van der Waals surface area contributed by atoms with Gasteiger partial charge in [-0.25, -0.2) is 4.79 Å². The average molecular weight is 450 g/mol. The summed E-state index contributed by atoms with van der Waals surface area (Å²) in [6.07, 6.45) is 1.32. The smallest absolute Gasteiger partial charge is 0.409 e. The van der Waals surface area contributed by atoms with E-state index in [2.05, 4.69) is 10.3 Å². The second-order valence-corrected chi connectivity index (χ2v) is 7.79. The maximum atomic E-state index is 12.4. The molecule has 0 radical (unpaired) electrons. The number of rotatable bonds is 6. The first-order valence-electron chi connectivity index (χ1n) is 10.8. The molecule has 1 atom stereocenters. The zero-order chi connectivity index (χ0) is 23.4. The summed E-state index contributed by atoms with van der Waals surface area (Å²) in [5, 5.41) is 13.6. The number of hydrogen-bond donors (Lipinski definition) is 3. The van der Waals surface area contributed by atoms with Gasteiger partial charge in [0.15, 0.2) is 0 Å². The molecule has 3 N–H and O–H groups in total. The third-order valence-electron chi connectivity index (χ3n) is 5.74. The van der Waals surface area contributed by atoms with Crippen LogP contribution < -0.4 is 5.32 Å². The number of carboxylic acid groups (broad SMARTS) is 1. The van der Waals surface area contributed by atoms with Crippen LogP contribution in [0.15, 0.2) is 54.7 Å². The lowest BCUT2D eigenvalue weighted by molar-refractivity contribution is -0.144. The van der Waals surface area contributed by atoms with E-state index >= 15 is 0 Å². The second kappa shape index (κ2) is 9.74. The van der Waals surface area contributed by atoms with Gasteiger partial charge in [-0.3, -0.25) is 14.5 Å². The van der Waals surface area contributed by atoms with E-state index in [0.717, 1.165) is 10.9 Å². The van der Waals surface area contributed by atoms with Crippen molar-refractivity contribution in [3.05, 3.63) is 65.9 Å². The zero-order valence-corrected chi connectivity index (χ0v) is 18.3. The monoisotopic (exact) mass is 450 g/mol. The highest BCUT2D eigenvalue weighted by Gasteiger charge is 2.33. The number of nitrogens with one attached hydrogen (secondary N) is 2.